The molecular weight excluding hydrogens is 350 g/mol. The van der Waals surface area contributed by atoms with Gasteiger partial charge in [0.15, 0.2) is 0 Å². The van der Waals surface area contributed by atoms with Crippen LogP contribution in [0.1, 0.15) is 4.88 Å². The van der Waals surface area contributed by atoms with Crippen molar-refractivity contribution in [2.75, 3.05) is 39.8 Å². The van der Waals surface area contributed by atoms with Crippen molar-refractivity contribution >= 4 is 45.6 Å². The molecule has 1 aliphatic heterocycles. The van der Waals surface area contributed by atoms with Gasteiger partial charge in [-0.3, -0.25) is 9.69 Å². The second-order valence-electron chi connectivity index (χ2n) is 4.51. The summed E-state index contributed by atoms with van der Waals surface area (Å²) in [4.78, 5) is 17.3. The van der Waals surface area contributed by atoms with Gasteiger partial charge in [0, 0.05) is 37.6 Å². The van der Waals surface area contributed by atoms with E-state index < -0.39 is 0 Å². The molecule has 0 radical (unpaired) electrons. The summed E-state index contributed by atoms with van der Waals surface area (Å²) < 4.78 is 1.14. The van der Waals surface area contributed by atoms with Crippen LogP contribution in [0.2, 0.25) is 0 Å². The zero-order valence-corrected chi connectivity index (χ0v) is 14.1. The summed E-state index contributed by atoms with van der Waals surface area (Å²) in [6.45, 7) is 4.80. The lowest BCUT2D eigenvalue weighted by molar-refractivity contribution is -0.132. The molecule has 0 atom stereocenters. The van der Waals surface area contributed by atoms with Gasteiger partial charge in [-0.1, -0.05) is 0 Å². The molecule has 1 aliphatic rings. The Hall–Kier alpha value is -0.140. The normalized spacial score (nSPS) is 15.4. The van der Waals surface area contributed by atoms with Crippen molar-refractivity contribution in [2.24, 2.45) is 0 Å². The van der Waals surface area contributed by atoms with Gasteiger partial charge in [-0.25, -0.2) is 0 Å². The summed E-state index contributed by atoms with van der Waals surface area (Å²) >= 11 is 5.17. The Labute approximate surface area is 132 Å². The van der Waals surface area contributed by atoms with Gasteiger partial charge >= 0.3 is 0 Å². The number of carbonyl (C=O) groups is 1. The van der Waals surface area contributed by atoms with Gasteiger partial charge in [0.25, 0.3) is 0 Å². The minimum Gasteiger partial charge on any atom is -0.339 e. The molecule has 1 fully saturated rings. The molecule has 0 unspecified atom stereocenters. The van der Waals surface area contributed by atoms with E-state index in [2.05, 4.69) is 32.2 Å². The lowest BCUT2D eigenvalue weighted by Gasteiger charge is -2.29. The average molecular weight is 369 g/mol. The fraction of sp³-hybridized carbons (Fsp3) is 0.583. The van der Waals surface area contributed by atoms with Crippen molar-refractivity contribution in [3.63, 3.8) is 0 Å². The maximum atomic E-state index is 12.1. The summed E-state index contributed by atoms with van der Waals surface area (Å²) in [5.74, 6) is 0.231. The molecule has 108 valence electrons. The average Bonchev–Trinajstić information content (AvgIpc) is 2.75. The second kappa shape index (κ2) is 8.21. The first-order valence-corrected chi connectivity index (χ1v) is 7.67. The highest BCUT2D eigenvalue weighted by Gasteiger charge is 2.17. The lowest BCUT2D eigenvalue weighted by Crippen LogP contribution is -2.49. The highest BCUT2D eigenvalue weighted by atomic mass is 79.9. The van der Waals surface area contributed by atoms with Gasteiger partial charge in [-0.05, 0) is 35.1 Å². The first-order valence-electron chi connectivity index (χ1n) is 6.06. The Bertz CT molecular complexity index is 409. The van der Waals surface area contributed by atoms with Crippen molar-refractivity contribution in [1.29, 1.82) is 0 Å². The Balaban J connectivity index is 0.00000180. The molecule has 0 spiro atoms. The van der Waals surface area contributed by atoms with Gasteiger partial charge in [0.05, 0.1) is 10.3 Å². The standard InChI is InChI=1S/C12H18BrN3OS.ClH/c1-15(8-10-2-3-11(13)18-10)9-12(17)16-6-4-14-5-7-16;/h2-3,14H,4-9H2,1H3;1H. The van der Waals surface area contributed by atoms with E-state index in [1.54, 1.807) is 11.3 Å². The van der Waals surface area contributed by atoms with E-state index in [1.165, 1.54) is 4.88 Å². The first-order chi connectivity index (χ1) is 8.65. The topological polar surface area (TPSA) is 35.6 Å². The van der Waals surface area contributed by atoms with Crippen LogP contribution in [0.25, 0.3) is 0 Å². The number of nitrogens with one attached hydrogen (secondary N) is 1. The van der Waals surface area contributed by atoms with E-state index in [1.807, 2.05) is 18.0 Å². The monoisotopic (exact) mass is 367 g/mol. The zero-order valence-electron chi connectivity index (χ0n) is 10.9. The number of hydrogen-bond acceptors (Lipinski definition) is 4. The smallest absolute Gasteiger partial charge is 0.236 e. The van der Waals surface area contributed by atoms with Crippen LogP contribution in [0.3, 0.4) is 0 Å². The molecule has 7 heteroatoms. The molecule has 1 aromatic heterocycles. The van der Waals surface area contributed by atoms with Crippen LogP contribution in [-0.2, 0) is 11.3 Å². The van der Waals surface area contributed by atoms with Crippen molar-refractivity contribution in [2.45, 2.75) is 6.54 Å². The summed E-state index contributed by atoms with van der Waals surface area (Å²) in [5.41, 5.74) is 0. The van der Waals surface area contributed by atoms with Gasteiger partial charge in [-0.15, -0.1) is 23.7 Å². The van der Waals surface area contributed by atoms with Crippen molar-refractivity contribution < 1.29 is 4.79 Å². The fourth-order valence-corrected chi connectivity index (χ4v) is 3.57. The molecule has 1 amide bonds. The Morgan fingerprint density at radius 2 is 2.16 bits per heavy atom. The number of hydrogen-bond donors (Lipinski definition) is 1. The molecule has 1 N–H and O–H groups in total. The fourth-order valence-electron chi connectivity index (χ4n) is 2.00. The molecular formula is C12H19BrClN3OS. The number of carbonyl (C=O) groups excluding carboxylic acids is 1. The van der Waals surface area contributed by atoms with Crippen molar-refractivity contribution in [1.82, 2.24) is 15.1 Å². The number of likely N-dealkylation sites (N-methyl/N-ethyl adjacent to an activating group) is 1. The molecule has 1 aromatic rings. The van der Waals surface area contributed by atoms with Gasteiger partial charge in [-0.2, -0.15) is 0 Å². The summed E-state index contributed by atoms with van der Waals surface area (Å²) in [6, 6.07) is 4.15. The van der Waals surface area contributed by atoms with E-state index in [0.717, 1.165) is 36.5 Å². The first kappa shape index (κ1) is 16.9. The van der Waals surface area contributed by atoms with Crippen LogP contribution < -0.4 is 5.32 Å². The van der Waals surface area contributed by atoms with Crippen LogP contribution in [0, 0.1) is 0 Å². The van der Waals surface area contributed by atoms with E-state index >= 15 is 0 Å². The van der Waals surface area contributed by atoms with Gasteiger partial charge in [0.1, 0.15) is 0 Å². The van der Waals surface area contributed by atoms with Gasteiger partial charge < -0.3 is 10.2 Å². The molecule has 2 rings (SSSR count). The number of thiophene rings is 1. The van der Waals surface area contributed by atoms with E-state index in [9.17, 15) is 4.79 Å². The molecule has 19 heavy (non-hydrogen) atoms. The van der Waals surface area contributed by atoms with E-state index in [0.29, 0.717) is 6.54 Å². The highest BCUT2D eigenvalue weighted by Crippen LogP contribution is 2.22. The molecule has 0 saturated carbocycles. The molecule has 2 heterocycles. The zero-order chi connectivity index (χ0) is 13.0. The highest BCUT2D eigenvalue weighted by molar-refractivity contribution is 9.11. The summed E-state index contributed by atoms with van der Waals surface area (Å²) in [7, 11) is 1.99. The quantitative estimate of drug-likeness (QED) is 0.880. The minimum absolute atomic E-state index is 0. The second-order valence-corrected chi connectivity index (χ2v) is 7.06. The van der Waals surface area contributed by atoms with Crippen LogP contribution in [-0.4, -0.2) is 55.5 Å². The molecule has 4 nitrogen and oxygen atoms in total. The molecule has 0 bridgehead atoms. The Morgan fingerprint density at radius 3 is 2.74 bits per heavy atom. The number of halogens is 2. The molecule has 0 aliphatic carbocycles. The third-order valence-corrected chi connectivity index (χ3v) is 4.54. The predicted octanol–water partition coefficient (Wildman–Crippen LogP) is 1.80. The maximum absolute atomic E-state index is 12.1. The minimum atomic E-state index is 0. The van der Waals surface area contributed by atoms with Crippen molar-refractivity contribution in [3.8, 4) is 0 Å². The number of piperazine rings is 1. The van der Waals surface area contributed by atoms with Crippen LogP contribution in [0.15, 0.2) is 15.9 Å². The SMILES string of the molecule is CN(CC(=O)N1CCNCC1)Cc1ccc(Br)s1.Cl. The Morgan fingerprint density at radius 1 is 1.47 bits per heavy atom. The number of nitrogens with zero attached hydrogens (tertiary/aromatic N) is 2. The van der Waals surface area contributed by atoms with Crippen LogP contribution >= 0.6 is 39.7 Å². The molecule has 0 aromatic carbocycles. The lowest BCUT2D eigenvalue weighted by atomic mass is 10.3. The summed E-state index contributed by atoms with van der Waals surface area (Å²) in [5, 5.41) is 3.25. The van der Waals surface area contributed by atoms with E-state index in [4.69, 9.17) is 0 Å². The number of rotatable bonds is 4. The maximum Gasteiger partial charge on any atom is 0.236 e. The largest absolute Gasteiger partial charge is 0.339 e. The Kier molecular flexibility index (Phi) is 7.31. The summed E-state index contributed by atoms with van der Waals surface area (Å²) in [6.07, 6.45) is 0. The third kappa shape index (κ3) is 5.39. The van der Waals surface area contributed by atoms with Crippen LogP contribution in [0.4, 0.5) is 0 Å². The third-order valence-electron chi connectivity index (χ3n) is 2.93. The van der Waals surface area contributed by atoms with Crippen LogP contribution in [0.5, 0.6) is 0 Å². The predicted molar refractivity (Wildman–Crippen MR) is 85.1 cm³/mol. The van der Waals surface area contributed by atoms with Crippen molar-refractivity contribution in [3.05, 3.63) is 20.8 Å². The number of amides is 1. The molecule has 1 saturated heterocycles. The van der Waals surface area contributed by atoms with Gasteiger partial charge in [0.2, 0.25) is 5.91 Å². The van der Waals surface area contributed by atoms with E-state index in [-0.39, 0.29) is 18.3 Å².